The molecule has 2 N–H and O–H groups in total. The van der Waals surface area contributed by atoms with Crippen LogP contribution in [-0.4, -0.2) is 25.7 Å². The maximum absolute atomic E-state index is 13.5. The van der Waals surface area contributed by atoms with Crippen molar-refractivity contribution in [1.82, 2.24) is 19.7 Å². The van der Waals surface area contributed by atoms with Crippen LogP contribution in [0.2, 0.25) is 0 Å². The molecule has 0 aliphatic rings. The predicted octanol–water partition coefficient (Wildman–Crippen LogP) is 4.91. The number of hydrogen-bond acceptors (Lipinski definition) is 6. The number of carbonyl (C=O) groups excluding carboxylic acids is 1. The molecule has 2 aromatic heterocycles. The Hall–Kier alpha value is -5.10. The fourth-order valence-electron chi connectivity index (χ4n) is 3.82. The summed E-state index contributed by atoms with van der Waals surface area (Å²) < 4.78 is 15.4. The van der Waals surface area contributed by atoms with Crippen LogP contribution in [0.15, 0.2) is 79.8 Å². The number of halogens is 1. The van der Waals surface area contributed by atoms with Gasteiger partial charge in [-0.15, -0.1) is 0 Å². The van der Waals surface area contributed by atoms with Crippen LogP contribution in [0.3, 0.4) is 0 Å². The lowest BCUT2D eigenvalue weighted by Crippen LogP contribution is -2.09. The largest absolute Gasteiger partial charge is 0.340 e. The summed E-state index contributed by atoms with van der Waals surface area (Å²) in [5.74, 6) is -0.190. The second-order valence-electron chi connectivity index (χ2n) is 7.77. The van der Waals surface area contributed by atoms with Gasteiger partial charge in [-0.05, 0) is 54.1 Å². The van der Waals surface area contributed by atoms with Crippen molar-refractivity contribution >= 4 is 44.9 Å². The van der Waals surface area contributed by atoms with Crippen LogP contribution in [0, 0.1) is 17.1 Å². The SMILES string of the molecule is C=CC(=O)Nc1cc2c(Nc3ccc4c(cnn4Cc4cccc(F)c4)c3)ncnc2cc1C#N. The van der Waals surface area contributed by atoms with Gasteiger partial charge in [-0.3, -0.25) is 9.48 Å². The summed E-state index contributed by atoms with van der Waals surface area (Å²) in [5, 5.41) is 21.4. The molecule has 5 rings (SSSR count). The van der Waals surface area contributed by atoms with Gasteiger partial charge in [0.15, 0.2) is 0 Å². The van der Waals surface area contributed by atoms with Crippen LogP contribution in [-0.2, 0) is 11.3 Å². The van der Waals surface area contributed by atoms with Crippen molar-refractivity contribution in [2.24, 2.45) is 0 Å². The minimum atomic E-state index is -0.423. The van der Waals surface area contributed by atoms with Crippen LogP contribution in [0.1, 0.15) is 11.1 Å². The smallest absolute Gasteiger partial charge is 0.247 e. The van der Waals surface area contributed by atoms with E-state index < -0.39 is 5.91 Å². The molecule has 170 valence electrons. The fraction of sp³-hybridized carbons (Fsp3) is 0.0385. The quantitative estimate of drug-likeness (QED) is 0.347. The molecule has 0 radical (unpaired) electrons. The number of carbonyl (C=O) groups is 1. The van der Waals surface area contributed by atoms with Gasteiger partial charge in [0.1, 0.15) is 24.0 Å². The number of nitriles is 1. The van der Waals surface area contributed by atoms with Crippen molar-refractivity contribution in [3.63, 3.8) is 0 Å². The molecule has 0 saturated carbocycles. The molecule has 2 heterocycles. The standard InChI is InChI=1S/C26H18FN7O/c1-2-25(35)33-22-11-21-23(10-17(22)12-28)29-15-30-26(21)32-20-6-7-24-18(9-20)13-31-34(24)14-16-4-3-5-19(27)8-16/h2-11,13,15H,1,14H2,(H,33,35)(H,29,30,32). The van der Waals surface area contributed by atoms with E-state index in [1.54, 1.807) is 24.4 Å². The maximum Gasteiger partial charge on any atom is 0.247 e. The van der Waals surface area contributed by atoms with Gasteiger partial charge < -0.3 is 10.6 Å². The van der Waals surface area contributed by atoms with Crippen molar-refractivity contribution in [3.05, 3.63) is 96.7 Å². The zero-order valence-electron chi connectivity index (χ0n) is 18.4. The third-order valence-corrected chi connectivity index (χ3v) is 5.46. The number of rotatable bonds is 6. The molecule has 8 nitrogen and oxygen atoms in total. The van der Waals surface area contributed by atoms with E-state index in [4.69, 9.17) is 0 Å². The molecule has 0 spiro atoms. The maximum atomic E-state index is 13.5. The Labute approximate surface area is 199 Å². The van der Waals surface area contributed by atoms with Crippen LogP contribution >= 0.6 is 0 Å². The predicted molar refractivity (Wildman–Crippen MR) is 132 cm³/mol. The zero-order chi connectivity index (χ0) is 24.4. The van der Waals surface area contributed by atoms with Gasteiger partial charge in [-0.25, -0.2) is 14.4 Å². The average molecular weight is 463 g/mol. The summed E-state index contributed by atoms with van der Waals surface area (Å²) in [6.45, 7) is 3.90. The zero-order valence-corrected chi connectivity index (χ0v) is 18.4. The molecule has 9 heteroatoms. The second-order valence-corrected chi connectivity index (χ2v) is 7.77. The molecule has 3 aromatic carbocycles. The highest BCUT2D eigenvalue weighted by Crippen LogP contribution is 2.29. The van der Waals surface area contributed by atoms with E-state index in [9.17, 15) is 14.4 Å². The van der Waals surface area contributed by atoms with Crippen molar-refractivity contribution in [1.29, 1.82) is 5.26 Å². The van der Waals surface area contributed by atoms with Gasteiger partial charge >= 0.3 is 0 Å². The van der Waals surface area contributed by atoms with E-state index in [-0.39, 0.29) is 11.4 Å². The van der Waals surface area contributed by atoms with E-state index in [1.807, 2.05) is 28.9 Å². The normalized spacial score (nSPS) is 10.7. The van der Waals surface area contributed by atoms with Crippen molar-refractivity contribution in [2.45, 2.75) is 6.54 Å². The summed E-state index contributed by atoms with van der Waals surface area (Å²) in [7, 11) is 0. The van der Waals surface area contributed by atoms with Crippen LogP contribution in [0.5, 0.6) is 0 Å². The third kappa shape index (κ3) is 4.41. The highest BCUT2D eigenvalue weighted by molar-refractivity contribution is 6.03. The van der Waals surface area contributed by atoms with E-state index in [0.717, 1.165) is 28.2 Å². The van der Waals surface area contributed by atoms with Gasteiger partial charge in [0.05, 0.1) is 35.0 Å². The molecule has 35 heavy (non-hydrogen) atoms. The lowest BCUT2D eigenvalue weighted by atomic mass is 10.1. The van der Waals surface area contributed by atoms with Gasteiger partial charge in [-0.2, -0.15) is 10.4 Å². The average Bonchev–Trinajstić information content (AvgIpc) is 3.25. The highest BCUT2D eigenvalue weighted by Gasteiger charge is 2.12. The Kier molecular flexibility index (Phi) is 5.61. The monoisotopic (exact) mass is 463 g/mol. The van der Waals surface area contributed by atoms with Crippen LogP contribution < -0.4 is 10.6 Å². The molecule has 5 aromatic rings. The van der Waals surface area contributed by atoms with Crippen molar-refractivity contribution in [2.75, 3.05) is 10.6 Å². The first-order valence-corrected chi connectivity index (χ1v) is 10.6. The second kappa shape index (κ2) is 9.03. The first-order valence-electron chi connectivity index (χ1n) is 10.6. The van der Waals surface area contributed by atoms with Gasteiger partial charge in [0.25, 0.3) is 0 Å². The third-order valence-electron chi connectivity index (χ3n) is 5.46. The molecule has 0 aliphatic carbocycles. The highest BCUT2D eigenvalue weighted by atomic mass is 19.1. The molecule has 1 amide bonds. The molecule has 0 fully saturated rings. The first kappa shape index (κ1) is 21.7. The number of nitrogens with zero attached hydrogens (tertiary/aromatic N) is 5. The number of benzene rings is 3. The molecule has 0 unspecified atom stereocenters. The van der Waals surface area contributed by atoms with E-state index >= 15 is 0 Å². The van der Waals surface area contributed by atoms with E-state index in [0.29, 0.717) is 29.0 Å². The number of amides is 1. The van der Waals surface area contributed by atoms with Crippen LogP contribution in [0.4, 0.5) is 21.6 Å². The number of hydrogen-bond donors (Lipinski definition) is 2. The minimum Gasteiger partial charge on any atom is -0.340 e. The molecular weight excluding hydrogens is 445 g/mol. The topological polar surface area (TPSA) is 109 Å². The minimum absolute atomic E-state index is 0.281. The Morgan fingerprint density at radius 2 is 2.06 bits per heavy atom. The summed E-state index contributed by atoms with van der Waals surface area (Å²) in [6.07, 6.45) is 4.29. The summed E-state index contributed by atoms with van der Waals surface area (Å²) in [6, 6.07) is 17.5. The molecular formula is C26H18FN7O. The summed E-state index contributed by atoms with van der Waals surface area (Å²) >= 11 is 0. The molecule has 0 saturated heterocycles. The Balaban J connectivity index is 1.47. The summed E-state index contributed by atoms with van der Waals surface area (Å²) in [5.41, 5.74) is 3.67. The number of nitrogens with one attached hydrogen (secondary N) is 2. The first-order chi connectivity index (χ1) is 17.0. The van der Waals surface area contributed by atoms with Gasteiger partial charge in [0.2, 0.25) is 5.91 Å². The molecule has 0 aliphatic heterocycles. The Morgan fingerprint density at radius 1 is 1.17 bits per heavy atom. The van der Waals surface area contributed by atoms with Crippen molar-refractivity contribution in [3.8, 4) is 6.07 Å². The van der Waals surface area contributed by atoms with Gasteiger partial charge in [0, 0.05) is 16.5 Å². The van der Waals surface area contributed by atoms with Crippen molar-refractivity contribution < 1.29 is 9.18 Å². The lowest BCUT2D eigenvalue weighted by molar-refractivity contribution is -0.111. The Bertz CT molecular complexity index is 1650. The number of anilines is 3. The van der Waals surface area contributed by atoms with Crippen LogP contribution in [0.25, 0.3) is 21.8 Å². The molecule has 0 bridgehead atoms. The number of aromatic nitrogens is 4. The van der Waals surface area contributed by atoms with E-state index in [2.05, 4.69) is 38.3 Å². The Morgan fingerprint density at radius 3 is 2.86 bits per heavy atom. The van der Waals surface area contributed by atoms with Gasteiger partial charge in [-0.1, -0.05) is 18.7 Å². The fourth-order valence-corrected chi connectivity index (χ4v) is 3.82. The van der Waals surface area contributed by atoms with E-state index in [1.165, 1.54) is 18.5 Å². The summed E-state index contributed by atoms with van der Waals surface area (Å²) in [4.78, 5) is 20.4. The number of fused-ring (bicyclic) bond motifs is 2. The lowest BCUT2D eigenvalue weighted by Gasteiger charge is -2.11. The molecule has 0 atom stereocenters.